The molecule has 0 N–H and O–H groups in total. The van der Waals surface area contributed by atoms with Crippen molar-refractivity contribution in [2.24, 2.45) is 0 Å². The zero-order valence-electron chi connectivity index (χ0n) is 29.8. The first-order chi connectivity index (χ1) is 22.3. The summed E-state index contributed by atoms with van der Waals surface area (Å²) in [4.78, 5) is 25.0. The van der Waals surface area contributed by atoms with E-state index in [2.05, 4.69) is 38.2 Å². The van der Waals surface area contributed by atoms with Gasteiger partial charge in [-0.25, -0.2) is 18.0 Å². The molecule has 0 unspecified atom stereocenters. The van der Waals surface area contributed by atoms with Crippen molar-refractivity contribution < 1.29 is 61.6 Å². The van der Waals surface area contributed by atoms with Gasteiger partial charge in [0.25, 0.3) is 0 Å². The third-order valence-electron chi connectivity index (χ3n) is 8.00. The van der Waals surface area contributed by atoms with Crippen LogP contribution in [-0.4, -0.2) is 38.1 Å². The van der Waals surface area contributed by atoms with Gasteiger partial charge < -0.3 is 14.0 Å². The van der Waals surface area contributed by atoms with Crippen LogP contribution in [0.25, 0.3) is 0 Å². The number of hydrogen-bond donors (Lipinski definition) is 0. The van der Waals surface area contributed by atoms with E-state index in [0.29, 0.717) is 12.8 Å². The molecule has 0 radical (unpaired) electrons. The van der Waals surface area contributed by atoms with Gasteiger partial charge in [0.2, 0.25) is 0 Å². The molecule has 0 saturated heterocycles. The van der Waals surface area contributed by atoms with Crippen LogP contribution in [-0.2, 0) is 19.6 Å². The second kappa shape index (κ2) is 30.6. The molecule has 1 rings (SSSR count). The van der Waals surface area contributed by atoms with E-state index in [0.717, 1.165) is 82.4 Å². The molecule has 0 saturated carbocycles. The summed E-state index contributed by atoms with van der Waals surface area (Å²) in [7, 11) is -4.81. The molecule has 7 nitrogen and oxygen atoms in total. The SMILES string of the molecule is CCCCCCC/C=C/CCCCCCOC(=O)c1ccc(S(=O)(=O)[O-])cc1C(=O)OCCCCCC/C=C/CCCCCCC.[Na+]. The predicted octanol–water partition coefficient (Wildman–Crippen LogP) is 7.64. The number of hydrogen-bond acceptors (Lipinski definition) is 7. The molecule has 0 heterocycles. The first-order valence-electron chi connectivity index (χ1n) is 18.0. The van der Waals surface area contributed by atoms with E-state index in [4.69, 9.17) is 9.47 Å². The second-order valence-electron chi connectivity index (χ2n) is 12.2. The van der Waals surface area contributed by atoms with Gasteiger partial charge in [0.15, 0.2) is 0 Å². The van der Waals surface area contributed by atoms with Crippen LogP contribution >= 0.6 is 0 Å². The van der Waals surface area contributed by atoms with Crippen molar-refractivity contribution >= 4 is 22.1 Å². The zero-order chi connectivity index (χ0) is 33.7. The molecule has 0 spiro atoms. The van der Waals surface area contributed by atoms with Crippen molar-refractivity contribution in [3.63, 3.8) is 0 Å². The Bertz CT molecular complexity index is 1120. The van der Waals surface area contributed by atoms with Crippen LogP contribution in [0.15, 0.2) is 47.4 Å². The molecule has 0 aromatic heterocycles. The molecule has 0 bridgehead atoms. The van der Waals surface area contributed by atoms with Crippen molar-refractivity contribution in [1.29, 1.82) is 0 Å². The first-order valence-corrected chi connectivity index (χ1v) is 19.5. The molecule has 262 valence electrons. The standard InChI is InChI=1S/C38H62O7S.Na/c1-3-5-7-9-11-13-15-17-19-21-23-25-27-31-44-37(39)35-30-29-34(46(41,42)43)33-36(35)38(40)45-32-28-26-24-22-20-18-16-14-12-10-8-6-4-2;/h15-18,29-30,33H,3-14,19-28,31-32H2,1-2H3,(H,41,42,43);/q;+1/p-1/b17-15+,18-16+;. The summed E-state index contributed by atoms with van der Waals surface area (Å²) in [5, 5.41) is 0. The van der Waals surface area contributed by atoms with E-state index in [-0.39, 0.29) is 53.9 Å². The largest absolute Gasteiger partial charge is 1.00 e. The molecule has 0 fully saturated rings. The summed E-state index contributed by atoms with van der Waals surface area (Å²) in [6, 6.07) is 3.09. The van der Waals surface area contributed by atoms with Gasteiger partial charge in [-0.3, -0.25) is 0 Å². The Morgan fingerprint density at radius 1 is 0.574 bits per heavy atom. The minimum absolute atomic E-state index is 0. The summed E-state index contributed by atoms with van der Waals surface area (Å²) >= 11 is 0. The molecule has 9 heteroatoms. The van der Waals surface area contributed by atoms with Crippen molar-refractivity contribution in [3.05, 3.63) is 53.6 Å². The summed E-state index contributed by atoms with van der Waals surface area (Å²) < 4.78 is 45.4. The smallest absolute Gasteiger partial charge is 0.744 e. The van der Waals surface area contributed by atoms with Crippen molar-refractivity contribution in [3.8, 4) is 0 Å². The fraction of sp³-hybridized carbons (Fsp3) is 0.684. The molecule has 0 aliphatic rings. The van der Waals surface area contributed by atoms with E-state index in [9.17, 15) is 22.6 Å². The van der Waals surface area contributed by atoms with Crippen molar-refractivity contribution in [1.82, 2.24) is 0 Å². The Morgan fingerprint density at radius 3 is 1.32 bits per heavy atom. The molecule has 0 aliphatic carbocycles. The van der Waals surface area contributed by atoms with E-state index in [1.807, 2.05) is 0 Å². The van der Waals surface area contributed by atoms with Crippen LogP contribution in [0.2, 0.25) is 0 Å². The van der Waals surface area contributed by atoms with Crippen LogP contribution < -0.4 is 29.6 Å². The van der Waals surface area contributed by atoms with Gasteiger partial charge in [0.1, 0.15) is 10.1 Å². The van der Waals surface area contributed by atoms with Gasteiger partial charge in [0.05, 0.1) is 29.2 Å². The quantitative estimate of drug-likeness (QED) is 0.0280. The van der Waals surface area contributed by atoms with Gasteiger partial charge in [0, 0.05) is 0 Å². The number of carbonyl (C=O) groups is 2. The van der Waals surface area contributed by atoms with Gasteiger partial charge >= 0.3 is 41.5 Å². The van der Waals surface area contributed by atoms with Gasteiger partial charge in [-0.05, 0) is 82.4 Å². The topological polar surface area (TPSA) is 110 Å². The van der Waals surface area contributed by atoms with E-state index >= 15 is 0 Å². The zero-order valence-corrected chi connectivity index (χ0v) is 32.6. The fourth-order valence-electron chi connectivity index (χ4n) is 5.15. The molecular weight excluding hydrogens is 623 g/mol. The van der Waals surface area contributed by atoms with Crippen LogP contribution in [0, 0.1) is 0 Å². The van der Waals surface area contributed by atoms with E-state index in [1.165, 1.54) is 64.2 Å². The summed E-state index contributed by atoms with van der Waals surface area (Å²) in [5.41, 5.74) is -0.367. The Morgan fingerprint density at radius 2 is 0.936 bits per heavy atom. The summed E-state index contributed by atoms with van der Waals surface area (Å²) in [6.07, 6.45) is 33.7. The number of allylic oxidation sites excluding steroid dienone is 4. The monoisotopic (exact) mass is 684 g/mol. The average molecular weight is 685 g/mol. The Balaban J connectivity index is 0.0000212. The van der Waals surface area contributed by atoms with Gasteiger partial charge in [-0.1, -0.05) is 115 Å². The van der Waals surface area contributed by atoms with Crippen molar-refractivity contribution in [2.75, 3.05) is 13.2 Å². The second-order valence-corrected chi connectivity index (χ2v) is 13.6. The van der Waals surface area contributed by atoms with E-state index < -0.39 is 27.0 Å². The number of carbonyl (C=O) groups excluding carboxylic acids is 2. The van der Waals surface area contributed by atoms with Crippen LogP contribution in [0.5, 0.6) is 0 Å². The molecule has 47 heavy (non-hydrogen) atoms. The minimum Gasteiger partial charge on any atom is -0.744 e. The Hall–Kier alpha value is -1.45. The number of rotatable bonds is 29. The molecule has 0 atom stereocenters. The molecule has 1 aromatic rings. The summed E-state index contributed by atoms with van der Waals surface area (Å²) in [5.74, 6) is -1.58. The molecule has 1 aromatic carbocycles. The van der Waals surface area contributed by atoms with Gasteiger partial charge in [-0.15, -0.1) is 0 Å². The molecule has 0 aliphatic heterocycles. The fourth-order valence-corrected chi connectivity index (χ4v) is 5.65. The predicted molar refractivity (Wildman–Crippen MR) is 186 cm³/mol. The van der Waals surface area contributed by atoms with Crippen LogP contribution in [0.4, 0.5) is 0 Å². The Labute approximate surface area is 308 Å². The average Bonchev–Trinajstić information content (AvgIpc) is 3.04. The van der Waals surface area contributed by atoms with Crippen molar-refractivity contribution in [2.45, 2.75) is 160 Å². The molecular formula is C38H61NaO7S. The number of benzene rings is 1. The van der Waals surface area contributed by atoms with Crippen LogP contribution in [0.1, 0.15) is 176 Å². The molecule has 0 amide bonds. The Kier molecular flexibility index (Phi) is 29.7. The third-order valence-corrected chi connectivity index (χ3v) is 8.83. The van der Waals surface area contributed by atoms with Crippen LogP contribution in [0.3, 0.4) is 0 Å². The first kappa shape index (κ1) is 45.6. The number of unbranched alkanes of at least 4 members (excludes halogenated alkanes) is 18. The minimum atomic E-state index is -4.81. The summed E-state index contributed by atoms with van der Waals surface area (Å²) in [6.45, 7) is 4.78. The number of ether oxygens (including phenoxy) is 2. The van der Waals surface area contributed by atoms with Gasteiger partial charge in [-0.2, -0.15) is 0 Å². The maximum Gasteiger partial charge on any atom is 1.00 e. The maximum absolute atomic E-state index is 12.8. The third kappa shape index (κ3) is 24.4. The maximum atomic E-state index is 12.8. The number of esters is 2. The van der Waals surface area contributed by atoms with E-state index in [1.54, 1.807) is 0 Å². The normalized spacial score (nSPS) is 11.6.